The Labute approximate surface area is 146 Å². The Morgan fingerprint density at radius 1 is 1.04 bits per heavy atom. The molecule has 0 unspecified atom stereocenters. The van der Waals surface area contributed by atoms with Crippen LogP contribution in [-0.2, 0) is 4.79 Å². The van der Waals surface area contributed by atoms with Gasteiger partial charge in [-0.3, -0.25) is 4.79 Å². The predicted octanol–water partition coefficient (Wildman–Crippen LogP) is 3.81. The number of halogens is 1. The van der Waals surface area contributed by atoms with Gasteiger partial charge in [0.25, 0.3) is 0 Å². The molecular weight excluding hydrogens is 325 g/mol. The van der Waals surface area contributed by atoms with Crippen LogP contribution in [0.4, 0.5) is 10.1 Å². The van der Waals surface area contributed by atoms with Crippen molar-refractivity contribution in [3.63, 3.8) is 0 Å². The first-order valence-corrected chi connectivity index (χ1v) is 7.53. The van der Waals surface area contributed by atoms with Gasteiger partial charge in [-0.1, -0.05) is 6.07 Å². The molecule has 0 aliphatic heterocycles. The summed E-state index contributed by atoms with van der Waals surface area (Å²) in [6.07, 6.45) is 2.96. The van der Waals surface area contributed by atoms with E-state index in [1.54, 1.807) is 31.2 Å². The van der Waals surface area contributed by atoms with E-state index in [-0.39, 0.29) is 5.91 Å². The number of methoxy groups -OCH3 is 3. The minimum absolute atomic E-state index is 0.373. The summed E-state index contributed by atoms with van der Waals surface area (Å²) in [5.41, 5.74) is 1.90. The molecule has 2 rings (SSSR count). The lowest BCUT2D eigenvalue weighted by Crippen LogP contribution is -2.09. The zero-order chi connectivity index (χ0) is 18.4. The molecule has 0 atom stereocenters. The van der Waals surface area contributed by atoms with Crippen molar-refractivity contribution in [2.24, 2.45) is 0 Å². The van der Waals surface area contributed by atoms with Crippen molar-refractivity contribution in [2.75, 3.05) is 26.6 Å². The smallest absolute Gasteiger partial charge is 0.248 e. The summed E-state index contributed by atoms with van der Waals surface area (Å²) >= 11 is 0. The highest BCUT2D eigenvalue weighted by Gasteiger charge is 2.12. The number of rotatable bonds is 6. The first kappa shape index (κ1) is 18.3. The lowest BCUT2D eigenvalue weighted by atomic mass is 10.1. The molecule has 0 bridgehead atoms. The summed E-state index contributed by atoms with van der Waals surface area (Å²) < 4.78 is 29.1. The highest BCUT2D eigenvalue weighted by atomic mass is 19.1. The van der Waals surface area contributed by atoms with Crippen molar-refractivity contribution in [1.29, 1.82) is 0 Å². The first-order chi connectivity index (χ1) is 12.0. The van der Waals surface area contributed by atoms with Gasteiger partial charge in [0.1, 0.15) is 5.82 Å². The molecule has 1 N–H and O–H groups in total. The molecule has 0 spiro atoms. The van der Waals surface area contributed by atoms with Gasteiger partial charge in [-0.2, -0.15) is 0 Å². The van der Waals surface area contributed by atoms with Crippen LogP contribution in [0.1, 0.15) is 11.1 Å². The van der Waals surface area contributed by atoms with E-state index in [1.807, 2.05) is 0 Å². The van der Waals surface area contributed by atoms with Crippen molar-refractivity contribution >= 4 is 17.7 Å². The molecule has 5 nitrogen and oxygen atoms in total. The highest BCUT2D eigenvalue weighted by molar-refractivity contribution is 6.02. The third-order valence-corrected chi connectivity index (χ3v) is 3.57. The van der Waals surface area contributed by atoms with Gasteiger partial charge in [-0.05, 0) is 48.4 Å². The van der Waals surface area contributed by atoms with E-state index < -0.39 is 5.82 Å². The molecule has 0 aliphatic rings. The van der Waals surface area contributed by atoms with Gasteiger partial charge >= 0.3 is 0 Å². The van der Waals surface area contributed by atoms with E-state index in [0.29, 0.717) is 28.5 Å². The number of aryl methyl sites for hydroxylation is 1. The molecule has 0 saturated carbocycles. The second kappa shape index (κ2) is 8.19. The fourth-order valence-electron chi connectivity index (χ4n) is 2.27. The fraction of sp³-hybridized carbons (Fsp3) is 0.211. The van der Waals surface area contributed by atoms with Crippen molar-refractivity contribution < 1.29 is 23.4 Å². The number of benzene rings is 2. The topological polar surface area (TPSA) is 56.8 Å². The standard InChI is InChI=1S/C19H20FNO4/c1-12-5-7-14(20)11-15(12)21-18(22)8-6-13-9-16(23-2)19(25-4)17(10-13)24-3/h5-11H,1-4H3,(H,21,22). The molecule has 0 aromatic heterocycles. The lowest BCUT2D eigenvalue weighted by molar-refractivity contribution is -0.111. The number of amides is 1. The predicted molar refractivity (Wildman–Crippen MR) is 94.9 cm³/mol. The zero-order valence-electron chi connectivity index (χ0n) is 14.6. The second-order valence-electron chi connectivity index (χ2n) is 5.24. The van der Waals surface area contributed by atoms with E-state index in [1.165, 1.54) is 39.5 Å². The third-order valence-electron chi connectivity index (χ3n) is 3.57. The van der Waals surface area contributed by atoms with Gasteiger partial charge in [-0.25, -0.2) is 4.39 Å². The summed E-state index contributed by atoms with van der Waals surface area (Å²) in [7, 11) is 4.55. The number of carbonyl (C=O) groups is 1. The van der Waals surface area contributed by atoms with Crippen LogP contribution in [0.5, 0.6) is 17.2 Å². The van der Waals surface area contributed by atoms with Gasteiger partial charge in [0, 0.05) is 11.8 Å². The highest BCUT2D eigenvalue weighted by Crippen LogP contribution is 2.38. The van der Waals surface area contributed by atoms with Gasteiger partial charge in [-0.15, -0.1) is 0 Å². The van der Waals surface area contributed by atoms with Crippen LogP contribution in [0.3, 0.4) is 0 Å². The molecular formula is C19H20FNO4. The molecule has 2 aromatic carbocycles. The lowest BCUT2D eigenvalue weighted by Gasteiger charge is -2.12. The molecule has 25 heavy (non-hydrogen) atoms. The number of anilines is 1. The van der Waals surface area contributed by atoms with Crippen LogP contribution >= 0.6 is 0 Å². The molecule has 0 saturated heterocycles. The van der Waals surface area contributed by atoms with Crippen molar-refractivity contribution in [3.05, 3.63) is 53.4 Å². The van der Waals surface area contributed by atoms with Crippen molar-refractivity contribution in [2.45, 2.75) is 6.92 Å². The average molecular weight is 345 g/mol. The monoisotopic (exact) mass is 345 g/mol. The normalized spacial score (nSPS) is 10.6. The van der Waals surface area contributed by atoms with Crippen LogP contribution in [0.2, 0.25) is 0 Å². The first-order valence-electron chi connectivity index (χ1n) is 7.53. The van der Waals surface area contributed by atoms with Crippen LogP contribution < -0.4 is 19.5 Å². The number of hydrogen-bond acceptors (Lipinski definition) is 4. The maximum absolute atomic E-state index is 13.3. The average Bonchev–Trinajstić information content (AvgIpc) is 2.61. The molecule has 1 amide bonds. The Morgan fingerprint density at radius 3 is 2.24 bits per heavy atom. The molecule has 2 aromatic rings. The Morgan fingerprint density at radius 2 is 1.68 bits per heavy atom. The molecule has 0 heterocycles. The Kier molecular flexibility index (Phi) is 6.00. The van der Waals surface area contributed by atoms with Gasteiger partial charge in [0.2, 0.25) is 11.7 Å². The summed E-state index contributed by atoms with van der Waals surface area (Å²) in [5, 5.41) is 2.65. The van der Waals surface area contributed by atoms with Crippen LogP contribution in [0, 0.1) is 12.7 Å². The Bertz CT molecular complexity index is 777. The van der Waals surface area contributed by atoms with E-state index in [0.717, 1.165) is 5.56 Å². The number of hydrogen-bond donors (Lipinski definition) is 1. The molecule has 132 valence electrons. The van der Waals surface area contributed by atoms with Crippen LogP contribution in [0.15, 0.2) is 36.4 Å². The maximum atomic E-state index is 13.3. The Hall–Kier alpha value is -3.02. The number of carbonyl (C=O) groups excluding carboxylic acids is 1. The van der Waals surface area contributed by atoms with Crippen molar-refractivity contribution in [1.82, 2.24) is 0 Å². The van der Waals surface area contributed by atoms with E-state index in [4.69, 9.17) is 14.2 Å². The summed E-state index contributed by atoms with van der Waals surface area (Å²) in [6.45, 7) is 1.79. The fourth-order valence-corrected chi connectivity index (χ4v) is 2.27. The minimum atomic E-state index is -0.408. The van der Waals surface area contributed by atoms with E-state index in [9.17, 15) is 9.18 Å². The molecule has 0 fully saturated rings. The molecule has 0 aliphatic carbocycles. The van der Waals surface area contributed by atoms with Crippen LogP contribution in [0.25, 0.3) is 6.08 Å². The molecule has 0 radical (unpaired) electrons. The maximum Gasteiger partial charge on any atom is 0.248 e. The number of nitrogens with one attached hydrogen (secondary N) is 1. The van der Waals surface area contributed by atoms with Gasteiger partial charge in [0.15, 0.2) is 11.5 Å². The van der Waals surface area contributed by atoms with Crippen molar-refractivity contribution in [3.8, 4) is 17.2 Å². The van der Waals surface area contributed by atoms with Crippen LogP contribution in [-0.4, -0.2) is 27.2 Å². The zero-order valence-corrected chi connectivity index (χ0v) is 14.6. The minimum Gasteiger partial charge on any atom is -0.493 e. The second-order valence-corrected chi connectivity index (χ2v) is 5.24. The SMILES string of the molecule is COc1cc(C=CC(=O)Nc2cc(F)ccc2C)cc(OC)c1OC. The number of ether oxygens (including phenoxy) is 3. The van der Waals surface area contributed by atoms with Gasteiger partial charge < -0.3 is 19.5 Å². The van der Waals surface area contributed by atoms with E-state index in [2.05, 4.69) is 5.32 Å². The van der Waals surface area contributed by atoms with E-state index >= 15 is 0 Å². The summed E-state index contributed by atoms with van der Waals surface area (Å²) in [4.78, 5) is 12.1. The summed E-state index contributed by atoms with van der Waals surface area (Å²) in [6, 6.07) is 7.67. The van der Waals surface area contributed by atoms with Gasteiger partial charge in [0.05, 0.1) is 21.3 Å². The summed E-state index contributed by atoms with van der Waals surface area (Å²) in [5.74, 6) is 0.671. The Balaban J connectivity index is 2.20. The third kappa shape index (κ3) is 4.50. The molecule has 6 heteroatoms. The quantitative estimate of drug-likeness (QED) is 0.809. The largest absolute Gasteiger partial charge is 0.493 e.